The Morgan fingerprint density at radius 2 is 1.78 bits per heavy atom. The molecule has 0 saturated carbocycles. The Morgan fingerprint density at radius 3 is 2.39 bits per heavy atom. The molecule has 0 unspecified atom stereocenters. The molecule has 0 heterocycles. The van der Waals surface area contributed by atoms with Crippen molar-refractivity contribution in [3.63, 3.8) is 0 Å². The van der Waals surface area contributed by atoms with Crippen LogP contribution in [0.25, 0.3) is 0 Å². The van der Waals surface area contributed by atoms with Gasteiger partial charge in [0.15, 0.2) is 6.61 Å². The zero-order chi connectivity index (χ0) is 17.0. The molecule has 23 heavy (non-hydrogen) atoms. The van der Waals surface area contributed by atoms with Crippen LogP contribution in [0, 0.1) is 12.7 Å². The minimum absolute atomic E-state index is 0.129. The van der Waals surface area contributed by atoms with Gasteiger partial charge in [-0.2, -0.15) is 13.2 Å². The number of benzene rings is 2. The van der Waals surface area contributed by atoms with Crippen LogP contribution in [0.1, 0.15) is 11.1 Å². The van der Waals surface area contributed by atoms with Crippen molar-refractivity contribution in [1.29, 1.82) is 0 Å². The molecule has 0 aliphatic heterocycles. The van der Waals surface area contributed by atoms with Crippen molar-refractivity contribution < 1.29 is 27.1 Å². The first-order valence-corrected chi connectivity index (χ1v) is 6.62. The van der Waals surface area contributed by atoms with Crippen LogP contribution in [0.3, 0.4) is 0 Å². The van der Waals surface area contributed by atoms with Crippen molar-refractivity contribution in [3.05, 3.63) is 59.4 Å². The van der Waals surface area contributed by atoms with Gasteiger partial charge in [0.1, 0.15) is 11.6 Å². The van der Waals surface area contributed by atoms with E-state index in [0.29, 0.717) is 11.3 Å². The molecule has 122 valence electrons. The fourth-order valence-corrected chi connectivity index (χ4v) is 1.80. The van der Waals surface area contributed by atoms with E-state index in [0.717, 1.165) is 24.3 Å². The second-order valence-corrected chi connectivity index (χ2v) is 4.82. The van der Waals surface area contributed by atoms with E-state index in [1.54, 1.807) is 6.92 Å². The number of alkyl halides is 3. The lowest BCUT2D eigenvalue weighted by Crippen LogP contribution is -2.20. The molecule has 0 aliphatic rings. The maximum Gasteiger partial charge on any atom is 0.416 e. The zero-order valence-corrected chi connectivity index (χ0v) is 12.1. The van der Waals surface area contributed by atoms with Crippen molar-refractivity contribution in [1.82, 2.24) is 0 Å². The first kappa shape index (κ1) is 16.8. The molecule has 2 rings (SSSR count). The van der Waals surface area contributed by atoms with Gasteiger partial charge in [-0.25, -0.2) is 4.39 Å². The molecule has 0 bridgehead atoms. The number of halogens is 4. The zero-order valence-electron chi connectivity index (χ0n) is 12.1. The fraction of sp³-hybridized carbons (Fsp3) is 0.188. The minimum Gasteiger partial charge on any atom is -0.484 e. The highest BCUT2D eigenvalue weighted by Gasteiger charge is 2.30. The SMILES string of the molecule is Cc1ccc(F)cc1NC(=O)COc1ccc(C(F)(F)F)cc1. The minimum atomic E-state index is -4.43. The Hall–Kier alpha value is -2.57. The van der Waals surface area contributed by atoms with Crippen LogP contribution in [0.15, 0.2) is 42.5 Å². The lowest BCUT2D eigenvalue weighted by molar-refractivity contribution is -0.137. The standard InChI is InChI=1S/C16H13F4NO2/c1-10-2-5-12(17)8-14(10)21-15(22)9-23-13-6-3-11(4-7-13)16(18,19)20/h2-8H,9H2,1H3,(H,21,22). The highest BCUT2D eigenvalue weighted by atomic mass is 19.4. The first-order valence-electron chi connectivity index (χ1n) is 6.62. The van der Waals surface area contributed by atoms with Gasteiger partial charge in [-0.05, 0) is 48.9 Å². The van der Waals surface area contributed by atoms with E-state index in [9.17, 15) is 22.4 Å². The van der Waals surface area contributed by atoms with Crippen molar-refractivity contribution in [2.75, 3.05) is 11.9 Å². The van der Waals surface area contributed by atoms with Gasteiger partial charge >= 0.3 is 6.18 Å². The van der Waals surface area contributed by atoms with Gasteiger partial charge in [0.25, 0.3) is 5.91 Å². The molecule has 0 aromatic heterocycles. The summed E-state index contributed by atoms with van der Waals surface area (Å²) in [6.45, 7) is 1.30. The number of ether oxygens (including phenoxy) is 1. The number of nitrogens with one attached hydrogen (secondary N) is 1. The van der Waals surface area contributed by atoms with Crippen LogP contribution in [0.4, 0.5) is 23.2 Å². The van der Waals surface area contributed by atoms with E-state index in [2.05, 4.69) is 5.32 Å². The number of carbonyl (C=O) groups excluding carboxylic acids is 1. The summed E-state index contributed by atoms with van der Waals surface area (Å²) >= 11 is 0. The third-order valence-electron chi connectivity index (χ3n) is 3.03. The lowest BCUT2D eigenvalue weighted by atomic mass is 10.2. The van der Waals surface area contributed by atoms with Crippen molar-refractivity contribution >= 4 is 11.6 Å². The number of rotatable bonds is 4. The number of amides is 1. The average molecular weight is 327 g/mol. The van der Waals surface area contributed by atoms with Crippen LogP contribution in [0.2, 0.25) is 0 Å². The Morgan fingerprint density at radius 1 is 1.13 bits per heavy atom. The molecule has 0 aliphatic carbocycles. The molecule has 0 spiro atoms. The van der Waals surface area contributed by atoms with Gasteiger partial charge in [0.2, 0.25) is 0 Å². The summed E-state index contributed by atoms with van der Waals surface area (Å²) in [7, 11) is 0. The summed E-state index contributed by atoms with van der Waals surface area (Å²) in [5.41, 5.74) is 0.185. The van der Waals surface area contributed by atoms with E-state index < -0.39 is 30.1 Å². The fourth-order valence-electron chi connectivity index (χ4n) is 1.80. The molecule has 0 radical (unpaired) electrons. The molecule has 2 aromatic carbocycles. The summed E-state index contributed by atoms with van der Waals surface area (Å²) in [5.74, 6) is -0.905. The summed E-state index contributed by atoms with van der Waals surface area (Å²) in [4.78, 5) is 11.7. The largest absolute Gasteiger partial charge is 0.484 e. The van der Waals surface area contributed by atoms with Gasteiger partial charge in [0.05, 0.1) is 5.56 Å². The van der Waals surface area contributed by atoms with E-state index in [4.69, 9.17) is 4.74 Å². The smallest absolute Gasteiger partial charge is 0.416 e. The van der Waals surface area contributed by atoms with Crippen LogP contribution in [-0.4, -0.2) is 12.5 Å². The molecule has 1 amide bonds. The number of hydrogen-bond acceptors (Lipinski definition) is 2. The van der Waals surface area contributed by atoms with Crippen molar-refractivity contribution in [3.8, 4) is 5.75 Å². The molecular weight excluding hydrogens is 314 g/mol. The van der Waals surface area contributed by atoms with Gasteiger partial charge < -0.3 is 10.1 Å². The second kappa shape index (κ2) is 6.68. The molecule has 0 fully saturated rings. The maximum absolute atomic E-state index is 13.1. The van der Waals surface area contributed by atoms with Gasteiger partial charge in [-0.3, -0.25) is 4.79 Å². The number of hydrogen-bond donors (Lipinski definition) is 1. The first-order chi connectivity index (χ1) is 10.8. The molecule has 1 N–H and O–H groups in total. The molecule has 7 heteroatoms. The van der Waals surface area contributed by atoms with E-state index in [1.807, 2.05) is 0 Å². The highest BCUT2D eigenvalue weighted by Crippen LogP contribution is 2.30. The maximum atomic E-state index is 13.1. The number of anilines is 1. The van der Waals surface area contributed by atoms with Crippen molar-refractivity contribution in [2.45, 2.75) is 13.1 Å². The molecule has 3 nitrogen and oxygen atoms in total. The van der Waals surface area contributed by atoms with Gasteiger partial charge in [-0.1, -0.05) is 6.07 Å². The molecule has 0 atom stereocenters. The van der Waals surface area contributed by atoms with E-state index >= 15 is 0 Å². The summed E-state index contributed by atoms with van der Waals surface area (Å²) < 4.78 is 55.4. The molecular formula is C16H13F4NO2. The Balaban J connectivity index is 1.93. The Bertz CT molecular complexity index is 696. The van der Waals surface area contributed by atoms with Crippen molar-refractivity contribution in [2.24, 2.45) is 0 Å². The average Bonchev–Trinajstić information content (AvgIpc) is 2.48. The van der Waals surface area contributed by atoms with E-state index in [-0.39, 0.29) is 5.75 Å². The normalized spacial score (nSPS) is 11.2. The lowest BCUT2D eigenvalue weighted by Gasteiger charge is -2.11. The topological polar surface area (TPSA) is 38.3 Å². The van der Waals surface area contributed by atoms with Gasteiger partial charge in [0, 0.05) is 5.69 Å². The van der Waals surface area contributed by atoms with Crippen LogP contribution in [0.5, 0.6) is 5.75 Å². The monoisotopic (exact) mass is 327 g/mol. The summed E-state index contributed by atoms with van der Waals surface area (Å²) in [6, 6.07) is 7.94. The predicted molar refractivity (Wildman–Crippen MR) is 76.7 cm³/mol. The van der Waals surface area contributed by atoms with Crippen LogP contribution >= 0.6 is 0 Å². The molecule has 0 saturated heterocycles. The van der Waals surface area contributed by atoms with E-state index in [1.165, 1.54) is 18.2 Å². The molecule has 2 aromatic rings. The summed E-state index contributed by atoms with van der Waals surface area (Å²) in [6.07, 6.45) is -4.43. The predicted octanol–water partition coefficient (Wildman–Crippen LogP) is 4.17. The van der Waals surface area contributed by atoms with Gasteiger partial charge in [-0.15, -0.1) is 0 Å². The third-order valence-corrected chi connectivity index (χ3v) is 3.03. The third kappa shape index (κ3) is 4.70. The number of carbonyl (C=O) groups is 1. The quantitative estimate of drug-likeness (QED) is 0.856. The Kier molecular flexibility index (Phi) is 4.88. The number of aryl methyl sites for hydroxylation is 1. The van der Waals surface area contributed by atoms with Crippen LogP contribution < -0.4 is 10.1 Å². The summed E-state index contributed by atoms with van der Waals surface area (Å²) in [5, 5.41) is 2.47. The second-order valence-electron chi connectivity index (χ2n) is 4.82. The highest BCUT2D eigenvalue weighted by molar-refractivity contribution is 5.92. The van der Waals surface area contributed by atoms with Crippen LogP contribution in [-0.2, 0) is 11.0 Å². The Labute approximate surface area is 129 Å².